The second kappa shape index (κ2) is 5.19. The van der Waals surface area contributed by atoms with Crippen molar-refractivity contribution in [3.63, 3.8) is 0 Å². The molecule has 0 saturated carbocycles. The summed E-state index contributed by atoms with van der Waals surface area (Å²) in [6, 6.07) is 1.81. The Kier molecular flexibility index (Phi) is 3.74. The molecule has 1 aromatic heterocycles. The van der Waals surface area contributed by atoms with Crippen molar-refractivity contribution in [2.75, 3.05) is 5.32 Å². The van der Waals surface area contributed by atoms with Crippen molar-refractivity contribution >= 4 is 5.69 Å². The second-order valence-electron chi connectivity index (χ2n) is 4.80. The van der Waals surface area contributed by atoms with E-state index in [4.69, 9.17) is 0 Å². The zero-order chi connectivity index (χ0) is 15.0. The first kappa shape index (κ1) is 14.4. The maximum absolute atomic E-state index is 13.6. The topological polar surface area (TPSA) is 29.9 Å². The van der Waals surface area contributed by atoms with Gasteiger partial charge in [0.05, 0.1) is 17.4 Å². The summed E-state index contributed by atoms with van der Waals surface area (Å²) in [6.07, 6.45) is 0. The molecule has 0 aliphatic carbocycles. The van der Waals surface area contributed by atoms with Crippen molar-refractivity contribution < 1.29 is 13.2 Å². The zero-order valence-corrected chi connectivity index (χ0v) is 11.8. The van der Waals surface area contributed by atoms with Gasteiger partial charge in [0.15, 0.2) is 17.5 Å². The average Bonchev–Trinajstić information content (AvgIpc) is 2.64. The van der Waals surface area contributed by atoms with E-state index >= 15 is 0 Å². The van der Waals surface area contributed by atoms with Crippen LogP contribution >= 0.6 is 0 Å². The first-order valence-electron chi connectivity index (χ1n) is 6.23. The number of aromatic nitrogens is 2. The summed E-state index contributed by atoms with van der Waals surface area (Å²) in [5.41, 5.74) is 2.59. The fourth-order valence-corrected chi connectivity index (χ4v) is 2.36. The summed E-state index contributed by atoms with van der Waals surface area (Å²) in [6.45, 7) is 5.56. The summed E-state index contributed by atoms with van der Waals surface area (Å²) in [5, 5.41) is 7.13. The molecule has 1 N–H and O–H groups in total. The lowest BCUT2D eigenvalue weighted by atomic mass is 10.1. The van der Waals surface area contributed by atoms with E-state index in [0.29, 0.717) is 0 Å². The summed E-state index contributed by atoms with van der Waals surface area (Å²) >= 11 is 0. The highest BCUT2D eigenvalue weighted by atomic mass is 19.2. The number of rotatable bonds is 3. The Bertz CT molecular complexity index is 650. The van der Waals surface area contributed by atoms with Crippen LogP contribution in [0.5, 0.6) is 0 Å². The number of benzene rings is 1. The van der Waals surface area contributed by atoms with Crippen LogP contribution in [-0.4, -0.2) is 9.78 Å². The number of hydrogen-bond donors (Lipinski definition) is 1. The molecule has 0 fully saturated rings. The molecule has 6 heteroatoms. The molecule has 0 saturated heterocycles. The van der Waals surface area contributed by atoms with Gasteiger partial charge in [0.25, 0.3) is 0 Å². The Morgan fingerprint density at radius 2 is 1.80 bits per heavy atom. The maximum atomic E-state index is 13.6. The highest BCUT2D eigenvalue weighted by Gasteiger charge is 2.19. The van der Waals surface area contributed by atoms with E-state index < -0.39 is 17.5 Å². The Labute approximate surface area is 115 Å². The molecule has 1 unspecified atom stereocenters. The van der Waals surface area contributed by atoms with Crippen molar-refractivity contribution in [3.05, 3.63) is 46.5 Å². The third kappa shape index (κ3) is 2.37. The predicted molar refractivity (Wildman–Crippen MR) is 71.0 cm³/mol. The number of hydrogen-bond acceptors (Lipinski definition) is 2. The molecule has 20 heavy (non-hydrogen) atoms. The zero-order valence-electron chi connectivity index (χ0n) is 11.8. The van der Waals surface area contributed by atoms with Crippen LogP contribution in [0.2, 0.25) is 0 Å². The van der Waals surface area contributed by atoms with Gasteiger partial charge in [-0.1, -0.05) is 0 Å². The van der Waals surface area contributed by atoms with E-state index in [1.807, 2.05) is 27.8 Å². The smallest absolute Gasteiger partial charge is 0.196 e. The van der Waals surface area contributed by atoms with E-state index in [-0.39, 0.29) is 11.7 Å². The fourth-order valence-electron chi connectivity index (χ4n) is 2.36. The highest BCUT2D eigenvalue weighted by Crippen LogP contribution is 2.27. The van der Waals surface area contributed by atoms with Crippen molar-refractivity contribution in [2.45, 2.75) is 26.8 Å². The molecule has 1 aromatic carbocycles. The van der Waals surface area contributed by atoms with Crippen molar-refractivity contribution in [1.29, 1.82) is 0 Å². The minimum Gasteiger partial charge on any atom is -0.376 e. The predicted octanol–water partition coefficient (Wildman–Crippen LogP) is 3.63. The van der Waals surface area contributed by atoms with Gasteiger partial charge < -0.3 is 5.32 Å². The summed E-state index contributed by atoms with van der Waals surface area (Å²) in [4.78, 5) is 0. The largest absolute Gasteiger partial charge is 0.376 e. The molecule has 1 atom stereocenters. The monoisotopic (exact) mass is 283 g/mol. The third-order valence-electron chi connectivity index (χ3n) is 3.41. The molecule has 108 valence electrons. The first-order valence-corrected chi connectivity index (χ1v) is 6.23. The van der Waals surface area contributed by atoms with Crippen LogP contribution in [0.25, 0.3) is 0 Å². The van der Waals surface area contributed by atoms with Gasteiger partial charge in [-0.2, -0.15) is 5.10 Å². The van der Waals surface area contributed by atoms with Crippen LogP contribution in [0, 0.1) is 31.3 Å². The molecule has 0 aliphatic rings. The first-order chi connectivity index (χ1) is 9.32. The molecule has 0 amide bonds. The van der Waals surface area contributed by atoms with E-state index in [0.717, 1.165) is 23.0 Å². The lowest BCUT2D eigenvalue weighted by molar-refractivity contribution is 0.448. The van der Waals surface area contributed by atoms with Gasteiger partial charge in [-0.15, -0.1) is 0 Å². The Balaban J connectivity index is 2.33. The number of nitrogens with zero attached hydrogens (tertiary/aromatic N) is 2. The van der Waals surface area contributed by atoms with Crippen molar-refractivity contribution in [2.24, 2.45) is 7.05 Å². The lowest BCUT2D eigenvalue weighted by Crippen LogP contribution is -2.11. The van der Waals surface area contributed by atoms with Gasteiger partial charge in [-0.05, 0) is 32.9 Å². The molecular weight excluding hydrogens is 267 g/mol. The number of aryl methyl sites for hydroxylation is 2. The van der Waals surface area contributed by atoms with Gasteiger partial charge in [-0.3, -0.25) is 4.68 Å². The minimum absolute atomic E-state index is 0.0703. The molecule has 0 bridgehead atoms. The highest BCUT2D eigenvalue weighted by molar-refractivity contribution is 5.48. The third-order valence-corrected chi connectivity index (χ3v) is 3.41. The van der Waals surface area contributed by atoms with Crippen LogP contribution in [0.4, 0.5) is 18.9 Å². The summed E-state index contributed by atoms with van der Waals surface area (Å²) in [5.74, 6) is -3.88. The average molecular weight is 283 g/mol. The number of halogens is 3. The van der Waals surface area contributed by atoms with Gasteiger partial charge in [0.2, 0.25) is 0 Å². The Morgan fingerprint density at radius 1 is 1.15 bits per heavy atom. The molecular formula is C14H16F3N3. The van der Waals surface area contributed by atoms with Gasteiger partial charge in [0, 0.05) is 18.3 Å². The second-order valence-corrected chi connectivity index (χ2v) is 4.80. The molecule has 0 radical (unpaired) electrons. The number of nitrogens with one attached hydrogen (secondary N) is 1. The van der Waals surface area contributed by atoms with Crippen LogP contribution in [-0.2, 0) is 7.05 Å². The summed E-state index contributed by atoms with van der Waals surface area (Å²) < 4.78 is 41.5. The van der Waals surface area contributed by atoms with Crippen LogP contribution in [0.3, 0.4) is 0 Å². The van der Waals surface area contributed by atoms with E-state index in [2.05, 4.69) is 10.4 Å². The normalized spacial score (nSPS) is 12.6. The minimum atomic E-state index is -1.47. The molecule has 1 heterocycles. The van der Waals surface area contributed by atoms with Gasteiger partial charge in [-0.25, -0.2) is 13.2 Å². The molecule has 0 aliphatic heterocycles. The van der Waals surface area contributed by atoms with Gasteiger partial charge in [0.1, 0.15) is 0 Å². The van der Waals surface area contributed by atoms with Crippen LogP contribution < -0.4 is 5.32 Å². The van der Waals surface area contributed by atoms with Crippen LogP contribution in [0.15, 0.2) is 12.1 Å². The lowest BCUT2D eigenvalue weighted by Gasteiger charge is -2.17. The van der Waals surface area contributed by atoms with Gasteiger partial charge >= 0.3 is 0 Å². The van der Waals surface area contributed by atoms with E-state index in [1.54, 1.807) is 4.68 Å². The quantitative estimate of drug-likeness (QED) is 0.872. The maximum Gasteiger partial charge on any atom is 0.196 e. The fraction of sp³-hybridized carbons (Fsp3) is 0.357. The van der Waals surface area contributed by atoms with E-state index in [1.165, 1.54) is 6.07 Å². The molecule has 0 spiro atoms. The Hall–Kier alpha value is -1.98. The summed E-state index contributed by atoms with van der Waals surface area (Å²) in [7, 11) is 1.82. The standard InChI is InChI=1S/C14H16F3N3/c1-7(12-8(2)19-20(4)9(12)3)18-11-6-5-10(15)13(16)14(11)17/h5-7,18H,1-4H3. The SMILES string of the molecule is Cc1nn(C)c(C)c1C(C)Nc1ccc(F)c(F)c1F. The van der Waals surface area contributed by atoms with E-state index in [9.17, 15) is 13.2 Å². The molecule has 3 nitrogen and oxygen atoms in total. The van der Waals surface area contributed by atoms with Crippen molar-refractivity contribution in [1.82, 2.24) is 9.78 Å². The van der Waals surface area contributed by atoms with Crippen molar-refractivity contribution in [3.8, 4) is 0 Å². The Morgan fingerprint density at radius 3 is 2.35 bits per heavy atom. The molecule has 2 rings (SSSR count). The van der Waals surface area contributed by atoms with Crippen LogP contribution in [0.1, 0.15) is 29.9 Å². The molecule has 2 aromatic rings. The number of anilines is 1.